The molecule has 3 N–H and O–H groups in total. The fourth-order valence-corrected chi connectivity index (χ4v) is 3.52. The Morgan fingerprint density at radius 2 is 2.17 bits per heavy atom. The van der Waals surface area contributed by atoms with Crippen LogP contribution in [0, 0.1) is 5.92 Å². The van der Waals surface area contributed by atoms with Crippen molar-refractivity contribution in [2.24, 2.45) is 11.0 Å². The van der Waals surface area contributed by atoms with Crippen LogP contribution in [-0.4, -0.2) is 36.4 Å². The number of aromatic nitrogens is 4. The van der Waals surface area contributed by atoms with Gasteiger partial charge in [-0.2, -0.15) is 5.10 Å². The average Bonchev–Trinajstić information content (AvgIpc) is 3.39. The molecule has 1 aliphatic rings. The van der Waals surface area contributed by atoms with Gasteiger partial charge in [-0.1, -0.05) is 18.7 Å². The summed E-state index contributed by atoms with van der Waals surface area (Å²) >= 11 is 0. The van der Waals surface area contributed by atoms with E-state index in [9.17, 15) is 19.5 Å². The quantitative estimate of drug-likeness (QED) is 0.540. The predicted octanol–water partition coefficient (Wildman–Crippen LogP) is 2.05. The zero-order chi connectivity index (χ0) is 21.4. The number of allylic oxidation sites excluding steroid dienone is 1. The number of aromatic carboxylic acids is 1. The zero-order valence-electron chi connectivity index (χ0n) is 16.1. The number of carbonyl (C=O) groups is 1. The smallest absolute Gasteiger partial charge is 0.335 e. The van der Waals surface area contributed by atoms with Gasteiger partial charge in [-0.25, -0.2) is 19.2 Å². The maximum atomic E-state index is 12.0. The number of H-pyrrole nitrogens is 2. The van der Waals surface area contributed by atoms with Crippen LogP contribution >= 0.6 is 0 Å². The number of hydrogen-bond acceptors (Lipinski definition) is 5. The van der Waals surface area contributed by atoms with Crippen LogP contribution in [0.3, 0.4) is 0 Å². The van der Waals surface area contributed by atoms with Crippen molar-refractivity contribution in [2.45, 2.75) is 19.3 Å². The van der Waals surface area contributed by atoms with Crippen molar-refractivity contribution < 1.29 is 9.90 Å². The Hall–Kier alpha value is -4.01. The monoisotopic (exact) mass is 405 g/mol. The van der Waals surface area contributed by atoms with E-state index in [1.165, 1.54) is 6.20 Å². The highest BCUT2D eigenvalue weighted by Gasteiger charge is 2.42. The van der Waals surface area contributed by atoms with E-state index in [0.29, 0.717) is 11.5 Å². The van der Waals surface area contributed by atoms with Gasteiger partial charge < -0.3 is 10.1 Å². The maximum absolute atomic E-state index is 12.0. The van der Waals surface area contributed by atoms with Gasteiger partial charge in [0.15, 0.2) is 5.82 Å². The summed E-state index contributed by atoms with van der Waals surface area (Å²) in [6.45, 7) is 5.84. The molecule has 0 bridgehead atoms. The van der Waals surface area contributed by atoms with Crippen molar-refractivity contribution >= 4 is 17.3 Å². The standard InChI is InChI=1S/C21H19N5O4/c1-11(15-9-16(15)13-4-3-5-14(8-13)20(28)29)18-22-6-7-26(18)25-12(2)17-10-23-21(30)24-19(17)27/h3-8,10,15-16H,1,9H2,2H3,(H,28,29)(H2,23,24,27,30)/b25-12+/t15-,16?/m1/s1. The SMILES string of the molecule is C=C(c1nccn1/N=C(\C)c1c[nH]c(=O)[nH]c1=O)[C@H]1CC1c1cccc(C(=O)O)c1. The van der Waals surface area contributed by atoms with E-state index in [4.69, 9.17) is 0 Å². The lowest BCUT2D eigenvalue weighted by atomic mass is 10.0. The van der Waals surface area contributed by atoms with Crippen LogP contribution in [0.25, 0.3) is 5.57 Å². The summed E-state index contributed by atoms with van der Waals surface area (Å²) < 4.78 is 1.55. The molecule has 9 nitrogen and oxygen atoms in total. The summed E-state index contributed by atoms with van der Waals surface area (Å²) in [5.74, 6) is -0.0844. The van der Waals surface area contributed by atoms with E-state index in [2.05, 4.69) is 26.6 Å². The molecule has 3 aromatic rings. The molecule has 0 amide bonds. The van der Waals surface area contributed by atoms with Crippen LogP contribution in [-0.2, 0) is 0 Å². The Bertz CT molecular complexity index is 1300. The molecular weight excluding hydrogens is 386 g/mol. The second-order valence-electron chi connectivity index (χ2n) is 7.17. The van der Waals surface area contributed by atoms with Crippen molar-refractivity contribution in [2.75, 3.05) is 0 Å². The van der Waals surface area contributed by atoms with Crippen molar-refractivity contribution in [1.29, 1.82) is 0 Å². The fraction of sp³-hybridized carbons (Fsp3) is 0.190. The molecule has 4 rings (SSSR count). The highest BCUT2D eigenvalue weighted by molar-refractivity contribution is 5.98. The molecule has 2 heterocycles. The highest BCUT2D eigenvalue weighted by Crippen LogP contribution is 2.53. The number of carboxylic acid groups (broad SMARTS) is 1. The van der Waals surface area contributed by atoms with Crippen molar-refractivity contribution in [3.63, 3.8) is 0 Å². The topological polar surface area (TPSA) is 133 Å². The third-order valence-corrected chi connectivity index (χ3v) is 5.18. The Labute approximate surface area is 170 Å². The van der Waals surface area contributed by atoms with Gasteiger partial charge in [0, 0.05) is 18.6 Å². The fourth-order valence-electron chi connectivity index (χ4n) is 3.52. The van der Waals surface area contributed by atoms with E-state index >= 15 is 0 Å². The van der Waals surface area contributed by atoms with Crippen molar-refractivity contribution in [3.8, 4) is 0 Å². The van der Waals surface area contributed by atoms with Gasteiger partial charge in [-0.05, 0) is 48.4 Å². The van der Waals surface area contributed by atoms with Gasteiger partial charge in [0.05, 0.1) is 16.8 Å². The Kier molecular flexibility index (Phi) is 4.78. The minimum absolute atomic E-state index is 0.127. The third kappa shape index (κ3) is 3.64. The molecule has 1 aliphatic carbocycles. The minimum atomic E-state index is -0.953. The third-order valence-electron chi connectivity index (χ3n) is 5.18. The number of nitrogens with zero attached hydrogens (tertiary/aromatic N) is 3. The molecule has 9 heteroatoms. The molecule has 0 saturated heterocycles. The summed E-state index contributed by atoms with van der Waals surface area (Å²) in [6.07, 6.45) is 5.41. The molecular formula is C21H19N5O4. The number of aromatic amines is 2. The molecule has 0 spiro atoms. The second-order valence-corrected chi connectivity index (χ2v) is 7.17. The summed E-state index contributed by atoms with van der Waals surface area (Å²) in [7, 11) is 0. The average molecular weight is 405 g/mol. The molecule has 152 valence electrons. The largest absolute Gasteiger partial charge is 0.478 e. The van der Waals surface area contributed by atoms with Gasteiger partial charge >= 0.3 is 11.7 Å². The summed E-state index contributed by atoms with van der Waals surface area (Å²) in [4.78, 5) is 43.4. The lowest BCUT2D eigenvalue weighted by Gasteiger charge is -2.08. The first kappa shape index (κ1) is 19.3. The number of hydrogen-bond donors (Lipinski definition) is 3. The first-order chi connectivity index (χ1) is 14.3. The number of imidazole rings is 1. The van der Waals surface area contributed by atoms with Crippen LogP contribution in [0.4, 0.5) is 0 Å². The first-order valence-corrected chi connectivity index (χ1v) is 9.29. The summed E-state index contributed by atoms with van der Waals surface area (Å²) in [6, 6.07) is 6.92. The van der Waals surface area contributed by atoms with Crippen LogP contribution in [0.15, 0.2) is 64.1 Å². The van der Waals surface area contributed by atoms with Crippen LogP contribution in [0.1, 0.15) is 46.6 Å². The molecule has 1 saturated carbocycles. The lowest BCUT2D eigenvalue weighted by Crippen LogP contribution is -2.26. The molecule has 2 aromatic heterocycles. The van der Waals surface area contributed by atoms with Gasteiger partial charge in [-0.15, -0.1) is 0 Å². The van der Waals surface area contributed by atoms with E-state index in [1.54, 1.807) is 42.2 Å². The number of nitrogens with one attached hydrogen (secondary N) is 2. The van der Waals surface area contributed by atoms with Crippen LogP contribution in [0.5, 0.6) is 0 Å². The van der Waals surface area contributed by atoms with E-state index in [1.807, 2.05) is 6.07 Å². The van der Waals surface area contributed by atoms with Crippen molar-refractivity contribution in [1.82, 2.24) is 19.6 Å². The number of carboxylic acids is 1. The predicted molar refractivity (Wildman–Crippen MR) is 111 cm³/mol. The maximum Gasteiger partial charge on any atom is 0.335 e. The number of benzene rings is 1. The zero-order valence-corrected chi connectivity index (χ0v) is 16.1. The molecule has 2 atom stereocenters. The van der Waals surface area contributed by atoms with Gasteiger partial charge in [0.25, 0.3) is 5.56 Å². The summed E-state index contributed by atoms with van der Waals surface area (Å²) in [5.41, 5.74) is 1.55. The normalized spacial score (nSPS) is 18.2. The van der Waals surface area contributed by atoms with Gasteiger partial charge in [0.2, 0.25) is 0 Å². The van der Waals surface area contributed by atoms with E-state index < -0.39 is 17.2 Å². The molecule has 1 fully saturated rings. The first-order valence-electron chi connectivity index (χ1n) is 9.29. The van der Waals surface area contributed by atoms with Gasteiger partial charge in [0.1, 0.15) is 0 Å². The molecule has 1 unspecified atom stereocenters. The Morgan fingerprint density at radius 3 is 2.90 bits per heavy atom. The highest BCUT2D eigenvalue weighted by atomic mass is 16.4. The number of rotatable bonds is 6. The van der Waals surface area contributed by atoms with Crippen LogP contribution < -0.4 is 11.2 Å². The lowest BCUT2D eigenvalue weighted by molar-refractivity contribution is 0.0696. The van der Waals surface area contributed by atoms with E-state index in [-0.39, 0.29) is 23.0 Å². The summed E-state index contributed by atoms with van der Waals surface area (Å²) in [5, 5.41) is 13.6. The molecule has 1 aromatic carbocycles. The molecule has 0 aliphatic heterocycles. The molecule has 0 radical (unpaired) electrons. The van der Waals surface area contributed by atoms with E-state index in [0.717, 1.165) is 17.6 Å². The van der Waals surface area contributed by atoms with Gasteiger partial charge in [-0.3, -0.25) is 9.78 Å². The van der Waals surface area contributed by atoms with Crippen LogP contribution in [0.2, 0.25) is 0 Å². The Morgan fingerprint density at radius 1 is 1.37 bits per heavy atom. The molecule has 30 heavy (non-hydrogen) atoms. The Balaban J connectivity index is 1.57. The minimum Gasteiger partial charge on any atom is -0.478 e. The van der Waals surface area contributed by atoms with Crippen molar-refractivity contribution in [3.05, 3.63) is 92.8 Å². The second kappa shape index (κ2) is 7.43.